The summed E-state index contributed by atoms with van der Waals surface area (Å²) in [6.45, 7) is 1.03. The first kappa shape index (κ1) is 4.04. The van der Waals surface area contributed by atoms with Crippen LogP contribution in [0.5, 0.6) is 0 Å². The molecule has 5 heavy (non-hydrogen) atoms. The summed E-state index contributed by atoms with van der Waals surface area (Å²) in [5.41, 5.74) is 0. The van der Waals surface area contributed by atoms with Crippen molar-refractivity contribution in [1.82, 2.24) is 0 Å². The predicted molar refractivity (Wildman–Crippen MR) is 32.6 cm³/mol. The van der Waals surface area contributed by atoms with Gasteiger partial charge in [-0.25, -0.2) is 0 Å². The number of hydrogen-bond acceptors (Lipinski definition) is 2. The molecule has 28 valence electrons. The van der Waals surface area contributed by atoms with Crippen molar-refractivity contribution in [2.45, 2.75) is 0 Å². The van der Waals surface area contributed by atoms with Crippen LogP contribution in [0.4, 0.5) is 0 Å². The van der Waals surface area contributed by atoms with Crippen molar-refractivity contribution in [3.05, 3.63) is 10.8 Å². The summed E-state index contributed by atoms with van der Waals surface area (Å²) in [5.74, 6) is 0. The molecule has 0 radical (unpaired) electrons. The van der Waals surface area contributed by atoms with E-state index in [9.17, 15) is 0 Å². The van der Waals surface area contributed by atoms with Crippen LogP contribution in [0, 0.1) is 0 Å². The smallest absolute Gasteiger partial charge is 0.00746 e. The second kappa shape index (κ2) is 2.12. The van der Waals surface area contributed by atoms with Crippen LogP contribution in [-0.2, 0) is 0 Å². The third kappa shape index (κ3) is 1.16. The van der Waals surface area contributed by atoms with Crippen LogP contribution in [0.3, 0.4) is 0 Å². The highest BCUT2D eigenvalue weighted by atomic mass is 33.1. The van der Waals surface area contributed by atoms with Crippen LogP contribution < -0.4 is 0 Å². The number of hydrogen-bond donors (Lipinski definition) is 0. The normalized spacial score (nSPS) is 20.8. The predicted octanol–water partition coefficient (Wildman–Crippen LogP) is 2.45. The van der Waals surface area contributed by atoms with E-state index in [2.05, 4.69) is 10.8 Å². The Bertz CT molecular complexity index is 45.6. The zero-order valence-corrected chi connectivity index (χ0v) is 5.10. The quantitative estimate of drug-likeness (QED) is 0.452. The summed E-state index contributed by atoms with van der Waals surface area (Å²) < 4.78 is 0. The lowest BCUT2D eigenvalue weighted by Crippen LogP contribution is -1.12. The lowest BCUT2D eigenvalue weighted by atomic mass is 11.3. The first-order valence-electron chi connectivity index (χ1n) is 1.21. The summed E-state index contributed by atoms with van der Waals surface area (Å²) in [6.07, 6.45) is 0. The summed E-state index contributed by atoms with van der Waals surface area (Å²) in [7, 11) is 0. The molecule has 0 fully saturated rings. The van der Waals surface area contributed by atoms with Crippen LogP contribution in [0.25, 0.3) is 0 Å². The monoisotopic (exact) mass is 122 g/mol. The van der Waals surface area contributed by atoms with E-state index in [1.165, 1.54) is 0 Å². The highest BCUT2D eigenvalue weighted by molar-refractivity contribution is 8.85. The van der Waals surface area contributed by atoms with Gasteiger partial charge in [0.05, 0.1) is 0 Å². The molecule has 0 aromatic carbocycles. The van der Waals surface area contributed by atoms with E-state index in [0.717, 1.165) is 6.98 Å². The van der Waals surface area contributed by atoms with Gasteiger partial charge >= 0.3 is 0 Å². The molecule has 3 heteroatoms. The van der Waals surface area contributed by atoms with Gasteiger partial charge in [0.15, 0.2) is 0 Å². The van der Waals surface area contributed by atoms with Gasteiger partial charge in [0, 0.05) is 6.98 Å². The summed E-state index contributed by atoms with van der Waals surface area (Å²) in [5, 5.41) is 4.26. The van der Waals surface area contributed by atoms with Gasteiger partial charge in [0.25, 0.3) is 0 Å². The van der Waals surface area contributed by atoms with Crippen molar-refractivity contribution in [1.29, 1.82) is 0 Å². The van der Waals surface area contributed by atoms with E-state index < -0.39 is 0 Å². The molecule has 0 N–H and O–H groups in total. The molecule has 0 atom stereocenters. The average Bonchev–Trinajstić information content (AvgIpc) is 1.76. The minimum atomic E-state index is 1.03. The van der Waals surface area contributed by atoms with E-state index in [-0.39, 0.29) is 0 Å². The van der Waals surface area contributed by atoms with Crippen LogP contribution >= 0.6 is 29.7 Å². The molecular weight excluding hydrogens is 119 g/mol. The van der Waals surface area contributed by atoms with Crippen LogP contribution in [0.15, 0.2) is 10.8 Å². The van der Waals surface area contributed by atoms with Crippen molar-refractivity contribution in [3.8, 4) is 0 Å². The molecule has 0 saturated heterocycles. The van der Waals surface area contributed by atoms with Gasteiger partial charge < -0.3 is 0 Å². The molecule has 0 spiro atoms. The molecule has 1 aliphatic heterocycles. The van der Waals surface area contributed by atoms with Gasteiger partial charge in [-0.15, -0.1) is 0 Å². The van der Waals surface area contributed by atoms with Gasteiger partial charge in [0.1, 0.15) is 0 Å². The van der Waals surface area contributed by atoms with Gasteiger partial charge in [0.2, 0.25) is 0 Å². The Hall–Kier alpha value is 0.870. The molecule has 0 saturated carbocycles. The minimum absolute atomic E-state index is 1.03. The molecule has 1 rings (SSSR count). The lowest BCUT2D eigenvalue weighted by molar-refractivity contribution is 2.61. The molecule has 0 nitrogen and oxygen atoms in total. The summed E-state index contributed by atoms with van der Waals surface area (Å²) in [6, 6.07) is 0. The first-order valence-corrected chi connectivity index (χ1v) is 5.42. The highest BCUT2D eigenvalue weighted by Crippen LogP contribution is 2.49. The molecule has 0 aromatic rings. The van der Waals surface area contributed by atoms with Crippen LogP contribution in [-0.4, -0.2) is 0 Å². The SMILES string of the molecule is C1=CSPS1. The fourth-order valence-corrected chi connectivity index (χ4v) is 3.75. The molecule has 0 bridgehead atoms. The minimum Gasteiger partial charge on any atom is -0.0976 e. The second-order valence-corrected chi connectivity index (χ2v) is 5.19. The molecule has 0 unspecified atom stereocenters. The third-order valence-corrected chi connectivity index (χ3v) is 4.32. The molecule has 0 amide bonds. The largest absolute Gasteiger partial charge is 0.0976 e. The molecule has 0 aromatic heterocycles. The Morgan fingerprint density at radius 2 is 1.80 bits per heavy atom. The maximum absolute atomic E-state index is 2.13. The van der Waals surface area contributed by atoms with E-state index in [1.54, 1.807) is 0 Å². The topological polar surface area (TPSA) is 0 Å². The van der Waals surface area contributed by atoms with Gasteiger partial charge in [-0.1, -0.05) is 22.8 Å². The zero-order valence-electron chi connectivity index (χ0n) is 2.47. The summed E-state index contributed by atoms with van der Waals surface area (Å²) in [4.78, 5) is 0. The first-order chi connectivity index (χ1) is 2.50. The highest BCUT2D eigenvalue weighted by Gasteiger charge is 1.85. The van der Waals surface area contributed by atoms with Crippen molar-refractivity contribution < 1.29 is 0 Å². The van der Waals surface area contributed by atoms with Gasteiger partial charge in [-0.05, 0) is 10.8 Å². The summed E-state index contributed by atoms with van der Waals surface area (Å²) >= 11 is 3.77. The maximum atomic E-state index is 2.13. The Morgan fingerprint density at radius 1 is 1.20 bits per heavy atom. The van der Waals surface area contributed by atoms with Crippen molar-refractivity contribution >= 4 is 29.7 Å². The second-order valence-electron chi connectivity index (χ2n) is 0.591. The fourth-order valence-electron chi connectivity index (χ4n) is 0.139. The standard InChI is InChI=1S/C2H3PS2/c1-2-5-3-4-1/h1-3H. The lowest BCUT2D eigenvalue weighted by Gasteiger charge is -1.69. The molecule has 1 heterocycles. The Balaban J connectivity index is 2.32. The van der Waals surface area contributed by atoms with Crippen LogP contribution in [0.2, 0.25) is 0 Å². The van der Waals surface area contributed by atoms with E-state index in [0.29, 0.717) is 0 Å². The van der Waals surface area contributed by atoms with E-state index >= 15 is 0 Å². The van der Waals surface area contributed by atoms with E-state index in [1.807, 2.05) is 22.8 Å². The van der Waals surface area contributed by atoms with Gasteiger partial charge in [-0.3, -0.25) is 0 Å². The number of rotatable bonds is 0. The van der Waals surface area contributed by atoms with Crippen molar-refractivity contribution in [3.63, 3.8) is 0 Å². The van der Waals surface area contributed by atoms with E-state index in [4.69, 9.17) is 0 Å². The molecular formula is C2H3PS2. The van der Waals surface area contributed by atoms with Gasteiger partial charge in [-0.2, -0.15) is 0 Å². The fraction of sp³-hybridized carbons (Fsp3) is 0. The zero-order chi connectivity index (χ0) is 3.54. The van der Waals surface area contributed by atoms with Crippen LogP contribution in [0.1, 0.15) is 0 Å². The average molecular weight is 122 g/mol. The molecule has 1 aliphatic rings. The Morgan fingerprint density at radius 3 is 2.00 bits per heavy atom. The third-order valence-electron chi connectivity index (χ3n) is 0.288. The Labute approximate surface area is 41.1 Å². The van der Waals surface area contributed by atoms with Crippen molar-refractivity contribution in [2.75, 3.05) is 0 Å². The van der Waals surface area contributed by atoms with Crippen molar-refractivity contribution in [2.24, 2.45) is 0 Å². The molecule has 0 aliphatic carbocycles. The Kier molecular flexibility index (Phi) is 1.71. The maximum Gasteiger partial charge on any atom is 0.00746 e.